The third-order valence-electron chi connectivity index (χ3n) is 5.35. The van der Waals surface area contributed by atoms with Crippen LogP contribution >= 0.6 is 11.8 Å². The third-order valence-corrected chi connectivity index (χ3v) is 6.44. The number of aromatic nitrogens is 2. The van der Waals surface area contributed by atoms with Gasteiger partial charge in [-0.15, -0.1) is 0 Å². The number of anilines is 1. The topological polar surface area (TPSA) is 73.2 Å². The van der Waals surface area contributed by atoms with Gasteiger partial charge in [-0.05, 0) is 50.1 Å². The Morgan fingerprint density at radius 2 is 2.06 bits per heavy atom. The average Bonchev–Trinajstić information content (AvgIpc) is 3.29. The van der Waals surface area contributed by atoms with Crippen molar-refractivity contribution < 1.29 is 22.7 Å². The lowest BCUT2D eigenvalue weighted by molar-refractivity contribution is -0.137. The molecule has 2 unspecified atom stereocenters. The number of thioether (sulfide) groups is 1. The largest absolute Gasteiger partial charge is 0.416 e. The number of hydrogen-bond acceptors (Lipinski definition) is 5. The van der Waals surface area contributed by atoms with Crippen molar-refractivity contribution in [1.29, 1.82) is 0 Å². The first kappa shape index (κ1) is 23.3. The van der Waals surface area contributed by atoms with Crippen LogP contribution in [-0.4, -0.2) is 33.4 Å². The standard InChI is InChI=1S/C23H22F3N3O3S/c1-14(20(30)27-16-7-4-6-15(12-16)23(24,25)26)33-22-28-19-10-3-2-9-18(19)21(31)29(22)13-17-8-5-11-32-17/h2-4,6-7,9-10,12,14,17H,5,8,11,13H2,1H3,(H,27,30). The van der Waals surface area contributed by atoms with Crippen LogP contribution in [0.5, 0.6) is 0 Å². The molecule has 0 radical (unpaired) electrons. The van der Waals surface area contributed by atoms with E-state index in [0.717, 1.165) is 36.7 Å². The van der Waals surface area contributed by atoms with Crippen LogP contribution in [0.15, 0.2) is 58.5 Å². The highest BCUT2D eigenvalue weighted by Crippen LogP contribution is 2.31. The maximum absolute atomic E-state index is 13.2. The van der Waals surface area contributed by atoms with Crippen molar-refractivity contribution in [2.75, 3.05) is 11.9 Å². The van der Waals surface area contributed by atoms with E-state index in [4.69, 9.17) is 4.74 Å². The number of para-hydroxylation sites is 1. The number of hydrogen-bond donors (Lipinski definition) is 1. The van der Waals surface area contributed by atoms with Gasteiger partial charge in [0.05, 0.1) is 34.4 Å². The molecule has 1 saturated heterocycles. The number of nitrogens with zero attached hydrogens (tertiary/aromatic N) is 2. The van der Waals surface area contributed by atoms with Crippen LogP contribution in [-0.2, 0) is 22.3 Å². The van der Waals surface area contributed by atoms with Crippen molar-refractivity contribution in [3.63, 3.8) is 0 Å². The Kier molecular flexibility index (Phi) is 6.76. The minimum atomic E-state index is -4.51. The first-order valence-corrected chi connectivity index (χ1v) is 11.4. The van der Waals surface area contributed by atoms with Crippen LogP contribution in [0, 0.1) is 0 Å². The Morgan fingerprint density at radius 1 is 1.27 bits per heavy atom. The van der Waals surface area contributed by atoms with Crippen LogP contribution in [0.25, 0.3) is 10.9 Å². The Labute approximate surface area is 192 Å². The fourth-order valence-corrected chi connectivity index (χ4v) is 4.54. The second kappa shape index (κ2) is 9.56. The summed E-state index contributed by atoms with van der Waals surface area (Å²) in [6.45, 7) is 2.57. The summed E-state index contributed by atoms with van der Waals surface area (Å²) in [7, 11) is 0. The molecule has 1 amide bonds. The summed E-state index contributed by atoms with van der Waals surface area (Å²) in [5, 5.41) is 2.64. The molecule has 1 aromatic heterocycles. The summed E-state index contributed by atoms with van der Waals surface area (Å²) in [4.78, 5) is 30.5. The highest BCUT2D eigenvalue weighted by molar-refractivity contribution is 8.00. The predicted molar refractivity (Wildman–Crippen MR) is 120 cm³/mol. The lowest BCUT2D eigenvalue weighted by atomic mass is 10.2. The molecule has 1 aliphatic rings. The first-order chi connectivity index (χ1) is 15.7. The number of nitrogens with one attached hydrogen (secondary N) is 1. The molecule has 0 aliphatic carbocycles. The summed E-state index contributed by atoms with van der Waals surface area (Å²) < 4.78 is 46.1. The predicted octanol–water partition coefficient (Wildman–Crippen LogP) is 4.71. The number of rotatable bonds is 6. The molecule has 0 bridgehead atoms. The number of carbonyl (C=O) groups is 1. The number of benzene rings is 2. The summed E-state index contributed by atoms with van der Waals surface area (Å²) in [5.74, 6) is -0.495. The molecule has 2 heterocycles. The smallest absolute Gasteiger partial charge is 0.376 e. The van der Waals surface area contributed by atoms with Gasteiger partial charge in [0.2, 0.25) is 5.91 Å². The van der Waals surface area contributed by atoms with Crippen LogP contribution in [0.1, 0.15) is 25.3 Å². The number of alkyl halides is 3. The SMILES string of the molecule is CC(Sc1nc2ccccc2c(=O)n1CC1CCCO1)C(=O)Nc1cccc(C(F)(F)F)c1. The van der Waals surface area contributed by atoms with Crippen molar-refractivity contribution >= 4 is 34.3 Å². The highest BCUT2D eigenvalue weighted by Gasteiger charge is 2.31. The molecular weight excluding hydrogens is 455 g/mol. The van der Waals surface area contributed by atoms with Gasteiger partial charge >= 0.3 is 6.18 Å². The number of ether oxygens (including phenoxy) is 1. The normalized spacial score (nSPS) is 17.3. The Morgan fingerprint density at radius 3 is 2.79 bits per heavy atom. The van der Waals surface area contributed by atoms with E-state index in [1.807, 2.05) is 0 Å². The highest BCUT2D eigenvalue weighted by atomic mass is 32.2. The molecular formula is C23H22F3N3O3S. The minimum absolute atomic E-state index is 0.0468. The second-order valence-electron chi connectivity index (χ2n) is 7.79. The zero-order valence-electron chi connectivity index (χ0n) is 17.8. The molecule has 2 aromatic carbocycles. The van der Waals surface area contributed by atoms with E-state index >= 15 is 0 Å². The van der Waals surface area contributed by atoms with Gasteiger partial charge < -0.3 is 10.1 Å². The Hall–Kier alpha value is -2.85. The molecule has 1 aliphatic heterocycles. The van der Waals surface area contributed by atoms with Gasteiger partial charge in [0.25, 0.3) is 5.56 Å². The van der Waals surface area contributed by atoms with Gasteiger partial charge in [0.15, 0.2) is 5.16 Å². The van der Waals surface area contributed by atoms with Crippen molar-refractivity contribution in [3.05, 3.63) is 64.4 Å². The lowest BCUT2D eigenvalue weighted by Gasteiger charge is -2.18. The molecule has 10 heteroatoms. The summed E-state index contributed by atoms with van der Waals surface area (Å²) in [6, 6.07) is 11.4. The fraction of sp³-hybridized carbons (Fsp3) is 0.348. The minimum Gasteiger partial charge on any atom is -0.376 e. The molecule has 4 rings (SSSR count). The number of fused-ring (bicyclic) bond motifs is 1. The van der Waals surface area contributed by atoms with E-state index in [0.29, 0.717) is 29.2 Å². The molecule has 3 aromatic rings. The van der Waals surface area contributed by atoms with Gasteiger partial charge in [-0.2, -0.15) is 13.2 Å². The van der Waals surface area contributed by atoms with Crippen LogP contribution in [0.2, 0.25) is 0 Å². The van der Waals surface area contributed by atoms with E-state index in [9.17, 15) is 22.8 Å². The van der Waals surface area contributed by atoms with Crippen molar-refractivity contribution in [2.24, 2.45) is 0 Å². The average molecular weight is 478 g/mol. The summed E-state index contributed by atoms with van der Waals surface area (Å²) >= 11 is 1.08. The van der Waals surface area contributed by atoms with Gasteiger partial charge in [-0.25, -0.2) is 4.98 Å². The van der Waals surface area contributed by atoms with Crippen molar-refractivity contribution in [1.82, 2.24) is 9.55 Å². The Bertz CT molecular complexity index is 1220. The number of carbonyl (C=O) groups excluding carboxylic acids is 1. The maximum Gasteiger partial charge on any atom is 0.416 e. The summed E-state index contributed by atoms with van der Waals surface area (Å²) in [5.41, 5.74) is -0.504. The second-order valence-corrected chi connectivity index (χ2v) is 9.10. The van der Waals surface area contributed by atoms with Gasteiger partial charge in [0.1, 0.15) is 0 Å². The van der Waals surface area contributed by atoms with Crippen LogP contribution in [0.3, 0.4) is 0 Å². The maximum atomic E-state index is 13.2. The number of halogens is 3. The van der Waals surface area contributed by atoms with E-state index < -0.39 is 22.9 Å². The van der Waals surface area contributed by atoms with Crippen LogP contribution in [0.4, 0.5) is 18.9 Å². The van der Waals surface area contributed by atoms with Gasteiger partial charge in [-0.1, -0.05) is 30.0 Å². The van der Waals surface area contributed by atoms with E-state index in [2.05, 4.69) is 10.3 Å². The van der Waals surface area contributed by atoms with Gasteiger partial charge in [-0.3, -0.25) is 14.2 Å². The molecule has 2 atom stereocenters. The molecule has 174 valence electrons. The van der Waals surface area contributed by atoms with E-state index in [-0.39, 0.29) is 17.4 Å². The van der Waals surface area contributed by atoms with Crippen molar-refractivity contribution in [3.8, 4) is 0 Å². The summed E-state index contributed by atoms with van der Waals surface area (Å²) in [6.07, 6.45) is -2.87. The third kappa shape index (κ3) is 5.39. The zero-order valence-corrected chi connectivity index (χ0v) is 18.6. The molecule has 1 fully saturated rings. The fourth-order valence-electron chi connectivity index (χ4n) is 3.62. The Balaban J connectivity index is 1.58. The molecule has 6 nitrogen and oxygen atoms in total. The zero-order chi connectivity index (χ0) is 23.6. The quantitative estimate of drug-likeness (QED) is 0.411. The molecule has 1 N–H and O–H groups in total. The van der Waals surface area contributed by atoms with Crippen LogP contribution < -0.4 is 10.9 Å². The van der Waals surface area contributed by atoms with Crippen molar-refractivity contribution in [2.45, 2.75) is 49.0 Å². The van der Waals surface area contributed by atoms with E-state index in [1.165, 1.54) is 16.7 Å². The number of amides is 1. The van der Waals surface area contributed by atoms with Gasteiger partial charge in [0, 0.05) is 12.3 Å². The lowest BCUT2D eigenvalue weighted by Crippen LogP contribution is -2.30. The monoisotopic (exact) mass is 477 g/mol. The first-order valence-electron chi connectivity index (χ1n) is 10.5. The van der Waals surface area contributed by atoms with E-state index in [1.54, 1.807) is 31.2 Å². The molecule has 0 saturated carbocycles. The molecule has 0 spiro atoms. The molecule has 33 heavy (non-hydrogen) atoms.